The van der Waals surface area contributed by atoms with E-state index in [0.717, 1.165) is 43.1 Å². The van der Waals surface area contributed by atoms with E-state index < -0.39 is 0 Å². The number of primary amides is 1. The van der Waals surface area contributed by atoms with Gasteiger partial charge in [-0.1, -0.05) is 13.8 Å². The Balaban J connectivity index is 2.64. The van der Waals surface area contributed by atoms with E-state index in [4.69, 9.17) is 5.73 Å². The molecule has 0 spiro atoms. The third-order valence-corrected chi connectivity index (χ3v) is 2.95. The Kier molecular flexibility index (Phi) is 6.76. The molecule has 0 atom stereocenters. The number of hydrogen-bond donors (Lipinski definition) is 3. The third kappa shape index (κ3) is 5.03. The predicted octanol–water partition coefficient (Wildman–Crippen LogP) is 2.10. The second kappa shape index (κ2) is 8.35. The lowest BCUT2D eigenvalue weighted by Crippen LogP contribution is -2.13. The zero-order valence-corrected chi connectivity index (χ0v) is 12.6. The molecule has 0 saturated carbocycles. The maximum Gasteiger partial charge on any atom is 0.217 e. The smallest absolute Gasteiger partial charge is 0.217 e. The molecule has 6 nitrogen and oxygen atoms in total. The summed E-state index contributed by atoms with van der Waals surface area (Å²) in [7, 11) is 0. The largest absolute Gasteiger partial charge is 0.370 e. The Hall–Kier alpha value is -1.85. The lowest BCUT2D eigenvalue weighted by Gasteiger charge is -2.17. The molecule has 0 aliphatic carbocycles. The molecule has 0 aliphatic rings. The van der Waals surface area contributed by atoms with Crippen molar-refractivity contribution in [1.29, 1.82) is 0 Å². The number of amides is 1. The highest BCUT2D eigenvalue weighted by atomic mass is 16.1. The average Bonchev–Trinajstić information content (AvgIpc) is 2.38. The van der Waals surface area contributed by atoms with Gasteiger partial charge in [0.2, 0.25) is 5.91 Å². The number of rotatable bonds is 9. The molecule has 0 unspecified atom stereocenters. The van der Waals surface area contributed by atoms with Crippen molar-refractivity contribution in [2.24, 2.45) is 5.73 Å². The monoisotopic (exact) mass is 279 g/mol. The highest BCUT2D eigenvalue weighted by Gasteiger charge is 2.14. The highest BCUT2D eigenvalue weighted by Crippen LogP contribution is 2.28. The summed E-state index contributed by atoms with van der Waals surface area (Å²) in [4.78, 5) is 19.3. The van der Waals surface area contributed by atoms with Crippen molar-refractivity contribution in [3.63, 3.8) is 0 Å². The van der Waals surface area contributed by atoms with Gasteiger partial charge < -0.3 is 16.4 Å². The van der Waals surface area contributed by atoms with E-state index in [1.54, 1.807) is 6.33 Å². The van der Waals surface area contributed by atoms with Crippen molar-refractivity contribution in [3.8, 4) is 0 Å². The van der Waals surface area contributed by atoms with Crippen LogP contribution in [0.5, 0.6) is 0 Å². The van der Waals surface area contributed by atoms with Crippen LogP contribution in [0.1, 0.15) is 51.5 Å². The average molecular weight is 279 g/mol. The molecule has 1 rings (SSSR count). The maximum atomic E-state index is 10.7. The Morgan fingerprint density at radius 3 is 2.45 bits per heavy atom. The van der Waals surface area contributed by atoms with Gasteiger partial charge in [0.1, 0.15) is 18.0 Å². The number of nitrogens with zero attached hydrogens (tertiary/aromatic N) is 2. The standard InChI is InChI=1S/C14H25N5O/c1-4-16-13-12(10(2)3)14(19-9-18-13)17-8-6-5-7-11(15)20/h9-10H,4-8H2,1-3H3,(H2,15,20)(H2,16,17,18,19). The molecule has 0 aliphatic heterocycles. The molecule has 1 heterocycles. The van der Waals surface area contributed by atoms with Crippen molar-refractivity contribution >= 4 is 17.5 Å². The van der Waals surface area contributed by atoms with E-state index in [2.05, 4.69) is 34.4 Å². The Bertz CT molecular complexity index is 434. The summed E-state index contributed by atoms with van der Waals surface area (Å²) in [5.41, 5.74) is 6.22. The summed E-state index contributed by atoms with van der Waals surface area (Å²) in [6, 6.07) is 0. The van der Waals surface area contributed by atoms with Crippen LogP contribution in [0.3, 0.4) is 0 Å². The van der Waals surface area contributed by atoms with Crippen LogP contribution in [0.25, 0.3) is 0 Å². The topological polar surface area (TPSA) is 92.9 Å². The molecule has 0 bridgehead atoms. The number of carbonyl (C=O) groups is 1. The van der Waals surface area contributed by atoms with Crippen molar-refractivity contribution < 1.29 is 4.79 Å². The fourth-order valence-electron chi connectivity index (χ4n) is 2.02. The second-order valence-electron chi connectivity index (χ2n) is 5.02. The lowest BCUT2D eigenvalue weighted by molar-refractivity contribution is -0.118. The predicted molar refractivity (Wildman–Crippen MR) is 81.8 cm³/mol. The molecule has 1 amide bonds. The van der Waals surface area contributed by atoms with Crippen LogP contribution in [0, 0.1) is 0 Å². The summed E-state index contributed by atoms with van der Waals surface area (Å²) < 4.78 is 0. The third-order valence-electron chi connectivity index (χ3n) is 2.95. The van der Waals surface area contributed by atoms with E-state index in [9.17, 15) is 4.79 Å². The zero-order valence-electron chi connectivity index (χ0n) is 12.6. The molecule has 0 radical (unpaired) electrons. The van der Waals surface area contributed by atoms with Gasteiger partial charge in [0, 0.05) is 25.1 Å². The molecular formula is C14H25N5O. The normalized spacial score (nSPS) is 10.6. The molecular weight excluding hydrogens is 254 g/mol. The van der Waals surface area contributed by atoms with Gasteiger partial charge in [0.05, 0.1) is 0 Å². The van der Waals surface area contributed by atoms with Crippen molar-refractivity contribution in [3.05, 3.63) is 11.9 Å². The first kappa shape index (κ1) is 16.2. The first-order valence-electron chi connectivity index (χ1n) is 7.17. The van der Waals surface area contributed by atoms with Crippen LogP contribution in [-0.2, 0) is 4.79 Å². The number of aromatic nitrogens is 2. The van der Waals surface area contributed by atoms with Crippen LogP contribution in [-0.4, -0.2) is 29.0 Å². The number of anilines is 2. The fourth-order valence-corrected chi connectivity index (χ4v) is 2.02. The van der Waals surface area contributed by atoms with Crippen molar-refractivity contribution in [2.75, 3.05) is 23.7 Å². The Labute approximate surface area is 120 Å². The van der Waals surface area contributed by atoms with Gasteiger partial charge in [-0.15, -0.1) is 0 Å². The number of nitrogens with one attached hydrogen (secondary N) is 2. The first-order chi connectivity index (χ1) is 9.56. The van der Waals surface area contributed by atoms with Crippen LogP contribution in [0.4, 0.5) is 11.6 Å². The molecule has 0 aromatic carbocycles. The summed E-state index contributed by atoms with van der Waals surface area (Å²) in [6.45, 7) is 7.89. The molecule has 6 heteroatoms. The van der Waals surface area contributed by atoms with Gasteiger partial charge in [-0.2, -0.15) is 0 Å². The Morgan fingerprint density at radius 2 is 1.90 bits per heavy atom. The van der Waals surface area contributed by atoms with E-state index in [-0.39, 0.29) is 5.91 Å². The number of nitrogens with two attached hydrogens (primary N) is 1. The molecule has 0 fully saturated rings. The van der Waals surface area contributed by atoms with E-state index in [1.807, 2.05) is 6.92 Å². The van der Waals surface area contributed by atoms with E-state index in [1.165, 1.54) is 0 Å². The van der Waals surface area contributed by atoms with Crippen LogP contribution < -0.4 is 16.4 Å². The van der Waals surface area contributed by atoms with E-state index in [0.29, 0.717) is 12.3 Å². The molecule has 1 aromatic heterocycles. The first-order valence-corrected chi connectivity index (χ1v) is 7.17. The molecule has 0 saturated heterocycles. The van der Waals surface area contributed by atoms with Crippen LogP contribution in [0.2, 0.25) is 0 Å². The SMILES string of the molecule is CCNc1ncnc(NCCCCC(N)=O)c1C(C)C. The van der Waals surface area contributed by atoms with Crippen molar-refractivity contribution in [2.45, 2.75) is 46.0 Å². The number of unbranched alkanes of at least 4 members (excludes halogenated alkanes) is 1. The van der Waals surface area contributed by atoms with Gasteiger partial charge >= 0.3 is 0 Å². The van der Waals surface area contributed by atoms with Crippen molar-refractivity contribution in [1.82, 2.24) is 9.97 Å². The minimum absolute atomic E-state index is 0.246. The molecule has 4 N–H and O–H groups in total. The minimum Gasteiger partial charge on any atom is -0.370 e. The van der Waals surface area contributed by atoms with Gasteiger partial charge in [-0.05, 0) is 25.7 Å². The highest BCUT2D eigenvalue weighted by molar-refractivity contribution is 5.73. The number of carbonyl (C=O) groups excluding carboxylic acids is 1. The molecule has 112 valence electrons. The van der Waals surface area contributed by atoms with Gasteiger partial charge in [-0.3, -0.25) is 4.79 Å². The lowest BCUT2D eigenvalue weighted by atomic mass is 10.0. The second-order valence-corrected chi connectivity index (χ2v) is 5.02. The molecule has 20 heavy (non-hydrogen) atoms. The van der Waals surface area contributed by atoms with Gasteiger partial charge in [-0.25, -0.2) is 9.97 Å². The summed E-state index contributed by atoms with van der Waals surface area (Å²) in [6.07, 6.45) is 3.69. The van der Waals surface area contributed by atoms with Gasteiger partial charge in [0.15, 0.2) is 0 Å². The van der Waals surface area contributed by atoms with Crippen LogP contribution in [0.15, 0.2) is 6.33 Å². The Morgan fingerprint density at radius 1 is 1.25 bits per heavy atom. The summed E-state index contributed by atoms with van der Waals surface area (Å²) >= 11 is 0. The summed E-state index contributed by atoms with van der Waals surface area (Å²) in [5.74, 6) is 1.84. The maximum absolute atomic E-state index is 10.7. The zero-order chi connectivity index (χ0) is 15.0. The minimum atomic E-state index is -0.246. The number of hydrogen-bond acceptors (Lipinski definition) is 5. The van der Waals surface area contributed by atoms with Gasteiger partial charge in [0.25, 0.3) is 0 Å². The quantitative estimate of drug-likeness (QED) is 0.602. The van der Waals surface area contributed by atoms with Crippen LogP contribution >= 0.6 is 0 Å². The summed E-state index contributed by atoms with van der Waals surface area (Å²) in [5, 5.41) is 6.59. The molecule has 1 aromatic rings. The van der Waals surface area contributed by atoms with E-state index >= 15 is 0 Å². The fraction of sp³-hybridized carbons (Fsp3) is 0.643.